The van der Waals surface area contributed by atoms with Crippen molar-refractivity contribution in [3.05, 3.63) is 35.6 Å². The predicted octanol–water partition coefficient (Wildman–Crippen LogP) is 3.72. The lowest BCUT2D eigenvalue weighted by atomic mass is 10.0. The van der Waals surface area contributed by atoms with E-state index in [0.717, 1.165) is 24.3 Å². The van der Waals surface area contributed by atoms with Gasteiger partial charge in [-0.05, 0) is 24.6 Å². The molecule has 0 amide bonds. The number of hydrogen-bond donors (Lipinski definition) is 1. The van der Waals surface area contributed by atoms with E-state index in [-0.39, 0.29) is 5.56 Å². The summed E-state index contributed by atoms with van der Waals surface area (Å²) in [5.41, 5.74) is 5.17. The molecule has 1 aromatic rings. The minimum absolute atomic E-state index is 0.205. The van der Waals surface area contributed by atoms with Crippen molar-refractivity contribution in [3.63, 3.8) is 0 Å². The fourth-order valence-electron chi connectivity index (χ4n) is 1.68. The number of ether oxygens (including phenoxy) is 1. The van der Waals surface area contributed by atoms with Crippen LogP contribution in [0.5, 0.6) is 0 Å². The van der Waals surface area contributed by atoms with Crippen molar-refractivity contribution in [2.75, 3.05) is 0 Å². The number of halogens is 7. The molecule has 9 heteroatoms. The fraction of sp³-hybridized carbons (Fsp3) is 0.500. The smallest absolute Gasteiger partial charge is 0.351 e. The van der Waals surface area contributed by atoms with E-state index in [9.17, 15) is 30.7 Å². The van der Waals surface area contributed by atoms with Crippen LogP contribution >= 0.6 is 0 Å². The Hall–Kier alpha value is -1.35. The summed E-state index contributed by atoms with van der Waals surface area (Å²) in [6.07, 6.45) is -17.1. The average Bonchev–Trinajstić information content (AvgIpc) is 2.25. The van der Waals surface area contributed by atoms with Gasteiger partial charge in [-0.2, -0.15) is 26.3 Å². The molecule has 0 spiro atoms. The Balaban J connectivity index is 3.12. The van der Waals surface area contributed by atoms with Crippen LogP contribution in [0.3, 0.4) is 0 Å². The lowest BCUT2D eigenvalue weighted by Crippen LogP contribution is -2.47. The molecule has 1 aromatic carbocycles. The zero-order valence-electron chi connectivity index (χ0n) is 10.7. The van der Waals surface area contributed by atoms with Gasteiger partial charge >= 0.3 is 12.4 Å². The van der Waals surface area contributed by atoms with Crippen molar-refractivity contribution in [2.24, 2.45) is 5.73 Å². The second kappa shape index (κ2) is 6.18. The van der Waals surface area contributed by atoms with Gasteiger partial charge in [-0.25, -0.2) is 4.39 Å². The van der Waals surface area contributed by atoms with Crippen LogP contribution in [-0.4, -0.2) is 24.5 Å². The molecular formula is C12H12F7NO. The van der Waals surface area contributed by atoms with E-state index in [1.165, 1.54) is 6.92 Å². The zero-order valence-corrected chi connectivity index (χ0v) is 10.7. The first-order chi connectivity index (χ1) is 9.43. The number of benzene rings is 1. The first-order valence-corrected chi connectivity index (χ1v) is 5.73. The van der Waals surface area contributed by atoms with Crippen molar-refractivity contribution >= 4 is 0 Å². The highest BCUT2D eigenvalue weighted by Gasteiger charge is 2.59. The van der Waals surface area contributed by atoms with Gasteiger partial charge in [0.1, 0.15) is 5.82 Å². The van der Waals surface area contributed by atoms with Gasteiger partial charge in [-0.15, -0.1) is 0 Å². The van der Waals surface area contributed by atoms with Crippen LogP contribution in [0.4, 0.5) is 30.7 Å². The van der Waals surface area contributed by atoms with Gasteiger partial charge in [0.05, 0.1) is 6.10 Å². The molecular weight excluding hydrogens is 307 g/mol. The second-order valence-electron chi connectivity index (χ2n) is 4.43. The van der Waals surface area contributed by atoms with Gasteiger partial charge in [0.15, 0.2) is 0 Å². The van der Waals surface area contributed by atoms with Crippen molar-refractivity contribution in [3.8, 4) is 0 Å². The van der Waals surface area contributed by atoms with Crippen LogP contribution in [-0.2, 0) is 4.74 Å². The molecule has 1 rings (SSSR count). The van der Waals surface area contributed by atoms with Crippen LogP contribution in [0.1, 0.15) is 18.6 Å². The Bertz CT molecular complexity index is 455. The normalized spacial score (nSPS) is 16.1. The molecule has 0 aliphatic rings. The third-order valence-corrected chi connectivity index (χ3v) is 2.53. The summed E-state index contributed by atoms with van der Waals surface area (Å²) < 4.78 is 92.0. The summed E-state index contributed by atoms with van der Waals surface area (Å²) in [6.45, 7) is 1.17. The Labute approximate surface area is 115 Å². The molecule has 0 aromatic heterocycles. The summed E-state index contributed by atoms with van der Waals surface area (Å²) >= 11 is 0. The maximum absolute atomic E-state index is 13.1. The summed E-state index contributed by atoms with van der Waals surface area (Å²) in [5.74, 6) is -0.822. The van der Waals surface area contributed by atoms with Crippen molar-refractivity contribution in [1.29, 1.82) is 0 Å². The summed E-state index contributed by atoms with van der Waals surface area (Å²) in [6, 6.07) is 2.84. The number of rotatable bonds is 4. The minimum Gasteiger partial charge on any atom is -0.351 e. The van der Waals surface area contributed by atoms with Crippen LogP contribution in [0.25, 0.3) is 0 Å². The zero-order chi connectivity index (χ0) is 16.4. The molecule has 2 atom stereocenters. The van der Waals surface area contributed by atoms with Crippen molar-refractivity contribution in [1.82, 2.24) is 0 Å². The van der Waals surface area contributed by atoms with Crippen molar-refractivity contribution in [2.45, 2.75) is 37.5 Å². The average molecular weight is 319 g/mol. The topological polar surface area (TPSA) is 35.2 Å². The van der Waals surface area contributed by atoms with E-state index in [0.29, 0.717) is 0 Å². The highest BCUT2D eigenvalue weighted by Crippen LogP contribution is 2.39. The Morgan fingerprint density at radius 1 is 1.05 bits per heavy atom. The van der Waals surface area contributed by atoms with Gasteiger partial charge in [-0.1, -0.05) is 12.1 Å². The van der Waals surface area contributed by atoms with Gasteiger partial charge in [0.2, 0.25) is 6.10 Å². The predicted molar refractivity (Wildman–Crippen MR) is 59.8 cm³/mol. The van der Waals surface area contributed by atoms with E-state index in [1.54, 1.807) is 0 Å². The monoisotopic (exact) mass is 319 g/mol. The van der Waals surface area contributed by atoms with E-state index >= 15 is 0 Å². The highest BCUT2D eigenvalue weighted by atomic mass is 19.4. The summed E-state index contributed by atoms with van der Waals surface area (Å²) in [5, 5.41) is 0. The second-order valence-corrected chi connectivity index (χ2v) is 4.43. The van der Waals surface area contributed by atoms with E-state index in [1.807, 2.05) is 0 Å². The molecule has 0 saturated carbocycles. The van der Waals surface area contributed by atoms with Crippen LogP contribution in [0, 0.1) is 5.82 Å². The van der Waals surface area contributed by atoms with Gasteiger partial charge in [-0.3, -0.25) is 0 Å². The summed E-state index contributed by atoms with van der Waals surface area (Å²) in [7, 11) is 0. The molecule has 0 saturated heterocycles. The standard InChI is InChI=1S/C12H12F7NO/c1-6(20)9(7-3-2-4-8(13)5-7)21-10(11(14,15)16)12(17,18)19/h2-6,9-10H,20H2,1H3. The molecule has 0 aliphatic heterocycles. The molecule has 0 bridgehead atoms. The van der Waals surface area contributed by atoms with Crippen LogP contribution in [0.2, 0.25) is 0 Å². The van der Waals surface area contributed by atoms with E-state index < -0.39 is 36.4 Å². The first kappa shape index (κ1) is 17.7. The van der Waals surface area contributed by atoms with Gasteiger partial charge < -0.3 is 10.5 Å². The van der Waals surface area contributed by atoms with Gasteiger partial charge in [0.25, 0.3) is 0 Å². The first-order valence-electron chi connectivity index (χ1n) is 5.73. The van der Waals surface area contributed by atoms with E-state index in [4.69, 9.17) is 5.73 Å². The molecule has 2 N–H and O–H groups in total. The van der Waals surface area contributed by atoms with E-state index in [2.05, 4.69) is 4.74 Å². The number of alkyl halides is 6. The molecule has 0 radical (unpaired) electrons. The molecule has 2 unspecified atom stereocenters. The Morgan fingerprint density at radius 2 is 1.57 bits per heavy atom. The largest absolute Gasteiger partial charge is 0.423 e. The molecule has 0 fully saturated rings. The quantitative estimate of drug-likeness (QED) is 0.859. The molecule has 120 valence electrons. The maximum Gasteiger partial charge on any atom is 0.423 e. The Kier molecular flexibility index (Phi) is 5.21. The van der Waals surface area contributed by atoms with Crippen LogP contribution in [0.15, 0.2) is 24.3 Å². The number of hydrogen-bond acceptors (Lipinski definition) is 2. The third-order valence-electron chi connectivity index (χ3n) is 2.53. The molecule has 21 heavy (non-hydrogen) atoms. The highest BCUT2D eigenvalue weighted by molar-refractivity contribution is 5.20. The molecule has 0 aliphatic carbocycles. The molecule has 0 heterocycles. The minimum atomic E-state index is -5.65. The summed E-state index contributed by atoms with van der Waals surface area (Å²) in [4.78, 5) is 0. The third kappa shape index (κ3) is 4.85. The fourth-order valence-corrected chi connectivity index (χ4v) is 1.68. The lowest BCUT2D eigenvalue weighted by molar-refractivity contribution is -0.333. The van der Waals surface area contributed by atoms with Crippen LogP contribution < -0.4 is 5.73 Å². The molecule has 2 nitrogen and oxygen atoms in total. The SMILES string of the molecule is CC(N)C(OC(C(F)(F)F)C(F)(F)F)c1cccc(F)c1. The maximum atomic E-state index is 13.1. The van der Waals surface area contributed by atoms with Gasteiger partial charge in [0, 0.05) is 6.04 Å². The lowest BCUT2D eigenvalue weighted by Gasteiger charge is -2.30. The number of nitrogens with two attached hydrogens (primary N) is 1. The Morgan fingerprint density at radius 3 is 1.95 bits per heavy atom. The van der Waals surface area contributed by atoms with Crippen molar-refractivity contribution < 1.29 is 35.5 Å².